The molecule has 2 unspecified atom stereocenters. The van der Waals surface area contributed by atoms with E-state index in [0.717, 1.165) is 36.7 Å². The topological polar surface area (TPSA) is 29.6 Å². The molecule has 1 heterocycles. The van der Waals surface area contributed by atoms with Crippen molar-refractivity contribution in [2.24, 2.45) is 40.4 Å². The molecule has 0 radical (unpaired) electrons. The SMILES string of the molecule is CC(=O)[C@H]1CC[C@H]2[C@@H]3CCC4C[C@]5(CC[C@]4(C)C3CC[C@]12C)CO5. The van der Waals surface area contributed by atoms with Crippen LogP contribution >= 0.6 is 0 Å². The van der Waals surface area contributed by atoms with Gasteiger partial charge in [0, 0.05) is 5.92 Å². The molecular weight excluding hydrogens is 296 g/mol. The minimum Gasteiger partial charge on any atom is -0.370 e. The summed E-state index contributed by atoms with van der Waals surface area (Å²) in [5, 5.41) is 0. The summed E-state index contributed by atoms with van der Waals surface area (Å²) in [6.45, 7) is 7.98. The third-order valence-corrected chi connectivity index (χ3v) is 9.85. The fourth-order valence-electron chi connectivity index (χ4n) is 8.34. The van der Waals surface area contributed by atoms with Gasteiger partial charge in [0.05, 0.1) is 12.2 Å². The lowest BCUT2D eigenvalue weighted by atomic mass is 9.44. The second-order valence-corrected chi connectivity index (χ2v) is 10.6. The maximum Gasteiger partial charge on any atom is 0.133 e. The maximum atomic E-state index is 12.2. The minimum absolute atomic E-state index is 0.311. The van der Waals surface area contributed by atoms with E-state index in [0.29, 0.717) is 28.1 Å². The molecule has 4 saturated carbocycles. The van der Waals surface area contributed by atoms with Gasteiger partial charge in [-0.3, -0.25) is 4.79 Å². The zero-order chi connectivity index (χ0) is 16.7. The number of ether oxygens (including phenoxy) is 1. The molecule has 24 heavy (non-hydrogen) atoms. The molecule has 0 aromatic rings. The van der Waals surface area contributed by atoms with Crippen molar-refractivity contribution in [3.05, 3.63) is 0 Å². The van der Waals surface area contributed by atoms with Crippen LogP contribution in [0.1, 0.15) is 78.6 Å². The third-order valence-electron chi connectivity index (χ3n) is 9.85. The molecule has 5 aliphatic rings. The molecule has 0 aromatic carbocycles. The Morgan fingerprint density at radius 2 is 1.67 bits per heavy atom. The first-order valence-electron chi connectivity index (χ1n) is 10.5. The normalized spacial score (nSPS) is 58.7. The van der Waals surface area contributed by atoms with Gasteiger partial charge in [-0.2, -0.15) is 0 Å². The van der Waals surface area contributed by atoms with E-state index >= 15 is 0 Å². The van der Waals surface area contributed by atoms with E-state index in [9.17, 15) is 4.79 Å². The van der Waals surface area contributed by atoms with Crippen LogP contribution in [0.2, 0.25) is 0 Å². The van der Waals surface area contributed by atoms with Crippen molar-refractivity contribution in [3.63, 3.8) is 0 Å². The lowest BCUT2D eigenvalue weighted by Crippen LogP contribution is -2.54. The van der Waals surface area contributed by atoms with Crippen LogP contribution in [0.4, 0.5) is 0 Å². The van der Waals surface area contributed by atoms with Crippen molar-refractivity contribution >= 4 is 5.78 Å². The molecule has 1 aliphatic heterocycles. The molecule has 134 valence electrons. The van der Waals surface area contributed by atoms with E-state index in [1.165, 1.54) is 51.4 Å². The van der Waals surface area contributed by atoms with E-state index in [-0.39, 0.29) is 0 Å². The van der Waals surface area contributed by atoms with Gasteiger partial charge in [-0.1, -0.05) is 13.8 Å². The minimum atomic E-state index is 0.311. The lowest BCUT2D eigenvalue weighted by molar-refractivity contribution is -0.136. The second kappa shape index (κ2) is 4.87. The van der Waals surface area contributed by atoms with Crippen molar-refractivity contribution in [2.45, 2.75) is 84.2 Å². The average Bonchev–Trinajstić information content (AvgIpc) is 3.19. The number of fused-ring (bicyclic) bond motifs is 5. The van der Waals surface area contributed by atoms with Crippen LogP contribution in [0, 0.1) is 40.4 Å². The molecule has 5 fully saturated rings. The molecule has 2 heteroatoms. The van der Waals surface area contributed by atoms with E-state index < -0.39 is 0 Å². The van der Waals surface area contributed by atoms with Crippen molar-refractivity contribution in [1.82, 2.24) is 0 Å². The van der Waals surface area contributed by atoms with Crippen LogP contribution in [-0.4, -0.2) is 18.0 Å². The van der Waals surface area contributed by atoms with Gasteiger partial charge in [0.2, 0.25) is 0 Å². The van der Waals surface area contributed by atoms with Crippen molar-refractivity contribution in [1.29, 1.82) is 0 Å². The Balaban J connectivity index is 1.43. The van der Waals surface area contributed by atoms with E-state index in [2.05, 4.69) is 13.8 Å². The molecule has 0 bridgehead atoms. The van der Waals surface area contributed by atoms with Gasteiger partial charge in [-0.25, -0.2) is 0 Å². The van der Waals surface area contributed by atoms with Crippen molar-refractivity contribution in [3.8, 4) is 0 Å². The first-order chi connectivity index (χ1) is 11.4. The highest BCUT2D eigenvalue weighted by molar-refractivity contribution is 5.79. The highest BCUT2D eigenvalue weighted by Gasteiger charge is 2.63. The third kappa shape index (κ3) is 1.95. The van der Waals surface area contributed by atoms with E-state index in [1.54, 1.807) is 0 Å². The Labute approximate surface area is 147 Å². The summed E-state index contributed by atoms with van der Waals surface area (Å²) in [5.41, 5.74) is 1.18. The maximum absolute atomic E-state index is 12.2. The summed E-state index contributed by atoms with van der Waals surface area (Å²) in [6, 6.07) is 0. The molecule has 2 nitrogen and oxygen atoms in total. The van der Waals surface area contributed by atoms with Crippen LogP contribution in [0.5, 0.6) is 0 Å². The zero-order valence-corrected chi connectivity index (χ0v) is 15.8. The predicted octanol–water partition coefficient (Wildman–Crippen LogP) is 5.00. The summed E-state index contributed by atoms with van der Waals surface area (Å²) in [6.07, 6.45) is 12.0. The quantitative estimate of drug-likeness (QED) is 0.633. The number of Topliss-reactive ketones (excluding diaryl/α,β-unsaturated/α-hetero) is 1. The highest BCUT2D eigenvalue weighted by atomic mass is 16.6. The first-order valence-corrected chi connectivity index (χ1v) is 10.5. The number of hydrogen-bond donors (Lipinski definition) is 0. The Hall–Kier alpha value is -0.370. The monoisotopic (exact) mass is 330 g/mol. The summed E-state index contributed by atoms with van der Waals surface area (Å²) in [5.74, 6) is 4.33. The smallest absolute Gasteiger partial charge is 0.133 e. The first kappa shape index (κ1) is 15.9. The Morgan fingerprint density at radius 1 is 0.917 bits per heavy atom. The molecule has 0 N–H and O–H groups in total. The van der Waals surface area contributed by atoms with Gasteiger partial charge >= 0.3 is 0 Å². The molecule has 1 spiro atoms. The van der Waals surface area contributed by atoms with Crippen LogP contribution in [0.15, 0.2) is 0 Å². The Morgan fingerprint density at radius 3 is 2.38 bits per heavy atom. The largest absolute Gasteiger partial charge is 0.370 e. The number of carbonyl (C=O) groups excluding carboxylic acids is 1. The van der Waals surface area contributed by atoms with Crippen molar-refractivity contribution in [2.75, 3.05) is 6.61 Å². The van der Waals surface area contributed by atoms with Crippen LogP contribution in [0.3, 0.4) is 0 Å². The molecule has 0 aromatic heterocycles. The predicted molar refractivity (Wildman–Crippen MR) is 94.6 cm³/mol. The van der Waals surface area contributed by atoms with Crippen LogP contribution in [0.25, 0.3) is 0 Å². The van der Waals surface area contributed by atoms with E-state index in [1.807, 2.05) is 6.92 Å². The fraction of sp³-hybridized carbons (Fsp3) is 0.955. The molecular formula is C22H34O2. The molecule has 4 aliphatic carbocycles. The zero-order valence-electron chi connectivity index (χ0n) is 15.8. The van der Waals surface area contributed by atoms with Gasteiger partial charge < -0.3 is 4.74 Å². The standard InChI is InChI=1S/C22H34O2/c1-14(23)17-6-7-18-16-5-4-15-12-22(13-24-22)11-10-20(15,2)19(16)8-9-21(17,18)3/h15-19H,4-13H2,1-3H3/t15?,16-,17+,18-,19?,20-,21+,22+/m0/s1. The Bertz CT molecular complexity index is 564. The summed E-state index contributed by atoms with van der Waals surface area (Å²) >= 11 is 0. The van der Waals surface area contributed by atoms with Crippen molar-refractivity contribution < 1.29 is 9.53 Å². The lowest BCUT2D eigenvalue weighted by Gasteiger charge is -2.61. The molecule has 1 saturated heterocycles. The number of epoxide rings is 1. The molecule has 5 rings (SSSR count). The number of ketones is 1. The molecule has 0 amide bonds. The van der Waals surface area contributed by atoms with Gasteiger partial charge in [-0.05, 0) is 99.2 Å². The average molecular weight is 331 g/mol. The van der Waals surface area contributed by atoms with Gasteiger partial charge in [0.15, 0.2) is 0 Å². The summed E-state index contributed by atoms with van der Waals surface area (Å²) in [4.78, 5) is 12.2. The van der Waals surface area contributed by atoms with Crippen LogP contribution in [-0.2, 0) is 9.53 Å². The van der Waals surface area contributed by atoms with Crippen LogP contribution < -0.4 is 0 Å². The second-order valence-electron chi connectivity index (χ2n) is 10.6. The van der Waals surface area contributed by atoms with E-state index in [4.69, 9.17) is 4.74 Å². The summed E-state index contributed by atoms with van der Waals surface area (Å²) in [7, 11) is 0. The van der Waals surface area contributed by atoms with Gasteiger partial charge in [-0.15, -0.1) is 0 Å². The number of hydrogen-bond acceptors (Lipinski definition) is 2. The number of rotatable bonds is 1. The van der Waals surface area contributed by atoms with Gasteiger partial charge in [0.25, 0.3) is 0 Å². The summed E-state index contributed by atoms with van der Waals surface area (Å²) < 4.78 is 5.86. The number of carbonyl (C=O) groups is 1. The molecule has 8 atom stereocenters. The Kier molecular flexibility index (Phi) is 3.22. The highest BCUT2D eigenvalue weighted by Crippen LogP contribution is 2.68. The fourth-order valence-corrected chi connectivity index (χ4v) is 8.34. The van der Waals surface area contributed by atoms with Gasteiger partial charge in [0.1, 0.15) is 5.78 Å².